The van der Waals surface area contributed by atoms with Crippen LogP contribution in [0.25, 0.3) is 0 Å². The number of amides is 1. The van der Waals surface area contributed by atoms with Crippen molar-refractivity contribution in [3.8, 4) is 0 Å². The molecule has 3 nitrogen and oxygen atoms in total. The lowest BCUT2D eigenvalue weighted by atomic mass is 10.0. The largest absolute Gasteiger partial charge is 0.352 e. The molecule has 0 spiro atoms. The second kappa shape index (κ2) is 6.82. The highest BCUT2D eigenvalue weighted by atomic mass is 16.2. The molecule has 0 rings (SSSR count). The molecular weight excluding hydrogens is 176 g/mol. The van der Waals surface area contributed by atoms with Crippen LogP contribution < -0.4 is 11.1 Å². The quantitative estimate of drug-likeness (QED) is 0.685. The molecule has 2 atom stereocenters. The number of carbonyl (C=O) groups is 1. The molecule has 0 radical (unpaired) electrons. The van der Waals surface area contributed by atoms with Gasteiger partial charge in [-0.15, -0.1) is 0 Å². The second-order valence-electron chi connectivity index (χ2n) is 4.43. The van der Waals surface area contributed by atoms with Crippen molar-refractivity contribution in [1.29, 1.82) is 0 Å². The average molecular weight is 200 g/mol. The second-order valence-corrected chi connectivity index (χ2v) is 4.43. The van der Waals surface area contributed by atoms with Gasteiger partial charge in [0.25, 0.3) is 0 Å². The van der Waals surface area contributed by atoms with Crippen LogP contribution in [0, 0.1) is 5.92 Å². The van der Waals surface area contributed by atoms with E-state index in [-0.39, 0.29) is 18.0 Å². The molecule has 1 amide bonds. The summed E-state index contributed by atoms with van der Waals surface area (Å²) in [5, 5.41) is 2.92. The Balaban J connectivity index is 3.82. The number of rotatable bonds is 6. The summed E-state index contributed by atoms with van der Waals surface area (Å²) >= 11 is 0. The molecule has 0 aliphatic heterocycles. The lowest BCUT2D eigenvalue weighted by molar-refractivity contribution is -0.123. The molecule has 0 aromatic rings. The first-order valence-electron chi connectivity index (χ1n) is 5.53. The topological polar surface area (TPSA) is 55.1 Å². The fourth-order valence-electron chi connectivity index (χ4n) is 1.47. The van der Waals surface area contributed by atoms with Gasteiger partial charge in [0.15, 0.2) is 0 Å². The SMILES string of the molecule is CCCC(C)NC(=O)[C@@H](N)CC(C)C. The third kappa shape index (κ3) is 5.97. The molecule has 3 N–H and O–H groups in total. The van der Waals surface area contributed by atoms with Crippen molar-refractivity contribution in [2.24, 2.45) is 11.7 Å². The van der Waals surface area contributed by atoms with E-state index in [1.54, 1.807) is 0 Å². The maximum Gasteiger partial charge on any atom is 0.237 e. The third-order valence-corrected chi connectivity index (χ3v) is 2.17. The van der Waals surface area contributed by atoms with E-state index in [2.05, 4.69) is 26.1 Å². The maximum atomic E-state index is 11.5. The Labute approximate surface area is 87.4 Å². The zero-order valence-corrected chi connectivity index (χ0v) is 9.84. The van der Waals surface area contributed by atoms with Gasteiger partial charge in [0.1, 0.15) is 0 Å². The summed E-state index contributed by atoms with van der Waals surface area (Å²) in [6, 6.07) is -0.111. The number of nitrogens with two attached hydrogens (primary N) is 1. The number of nitrogens with one attached hydrogen (secondary N) is 1. The first kappa shape index (κ1) is 13.4. The fourth-order valence-corrected chi connectivity index (χ4v) is 1.47. The van der Waals surface area contributed by atoms with Crippen LogP contribution in [0.1, 0.15) is 47.0 Å². The van der Waals surface area contributed by atoms with Crippen LogP contribution in [0.4, 0.5) is 0 Å². The minimum Gasteiger partial charge on any atom is -0.352 e. The van der Waals surface area contributed by atoms with Crippen LogP contribution >= 0.6 is 0 Å². The van der Waals surface area contributed by atoms with Crippen molar-refractivity contribution in [1.82, 2.24) is 5.32 Å². The van der Waals surface area contributed by atoms with Crippen LogP contribution in [0.2, 0.25) is 0 Å². The highest BCUT2D eigenvalue weighted by Crippen LogP contribution is 2.03. The molecular formula is C11H24N2O. The Hall–Kier alpha value is -0.570. The Morgan fingerprint density at radius 3 is 2.36 bits per heavy atom. The zero-order chi connectivity index (χ0) is 11.1. The van der Waals surface area contributed by atoms with Gasteiger partial charge in [-0.05, 0) is 25.7 Å². The van der Waals surface area contributed by atoms with Gasteiger partial charge in [0, 0.05) is 6.04 Å². The Morgan fingerprint density at radius 1 is 1.36 bits per heavy atom. The van der Waals surface area contributed by atoms with E-state index in [1.165, 1.54) is 0 Å². The Kier molecular flexibility index (Phi) is 6.54. The van der Waals surface area contributed by atoms with E-state index in [4.69, 9.17) is 5.73 Å². The van der Waals surface area contributed by atoms with Gasteiger partial charge in [-0.3, -0.25) is 4.79 Å². The first-order chi connectivity index (χ1) is 6.47. The summed E-state index contributed by atoms with van der Waals surface area (Å²) in [6.07, 6.45) is 2.85. The Morgan fingerprint density at radius 2 is 1.93 bits per heavy atom. The van der Waals surface area contributed by atoms with E-state index >= 15 is 0 Å². The van der Waals surface area contributed by atoms with Crippen molar-refractivity contribution in [3.63, 3.8) is 0 Å². The Bertz CT molecular complexity index is 169. The molecule has 0 saturated carbocycles. The minimum absolute atomic E-state index is 0.0142. The van der Waals surface area contributed by atoms with Gasteiger partial charge in [-0.2, -0.15) is 0 Å². The average Bonchev–Trinajstić information content (AvgIpc) is 2.02. The van der Waals surface area contributed by atoms with E-state index in [1.807, 2.05) is 6.92 Å². The number of carbonyl (C=O) groups excluding carboxylic acids is 1. The lowest BCUT2D eigenvalue weighted by Crippen LogP contribution is -2.44. The third-order valence-electron chi connectivity index (χ3n) is 2.17. The molecule has 0 heterocycles. The van der Waals surface area contributed by atoms with E-state index in [9.17, 15) is 4.79 Å². The van der Waals surface area contributed by atoms with Crippen LogP contribution in [0.3, 0.4) is 0 Å². The van der Waals surface area contributed by atoms with Gasteiger partial charge < -0.3 is 11.1 Å². The first-order valence-corrected chi connectivity index (χ1v) is 5.53. The number of hydrogen-bond acceptors (Lipinski definition) is 2. The van der Waals surface area contributed by atoms with Crippen LogP contribution in [-0.2, 0) is 4.79 Å². The van der Waals surface area contributed by atoms with Gasteiger partial charge in [-0.25, -0.2) is 0 Å². The van der Waals surface area contributed by atoms with E-state index in [0.29, 0.717) is 5.92 Å². The molecule has 0 aromatic heterocycles. The molecule has 84 valence electrons. The lowest BCUT2D eigenvalue weighted by Gasteiger charge is -2.18. The molecule has 0 fully saturated rings. The molecule has 0 saturated heterocycles. The van der Waals surface area contributed by atoms with Gasteiger partial charge in [-0.1, -0.05) is 27.2 Å². The van der Waals surface area contributed by atoms with Crippen LogP contribution in [-0.4, -0.2) is 18.0 Å². The molecule has 0 aromatic carbocycles. The summed E-state index contributed by atoms with van der Waals surface area (Å²) in [5.41, 5.74) is 5.75. The monoisotopic (exact) mass is 200 g/mol. The zero-order valence-electron chi connectivity index (χ0n) is 9.84. The van der Waals surface area contributed by atoms with E-state index < -0.39 is 0 Å². The van der Waals surface area contributed by atoms with Crippen molar-refractivity contribution >= 4 is 5.91 Å². The highest BCUT2D eigenvalue weighted by Gasteiger charge is 2.16. The minimum atomic E-state index is -0.352. The predicted octanol–water partition coefficient (Wildman–Crippen LogP) is 1.66. The molecule has 0 bridgehead atoms. The molecule has 1 unspecified atom stereocenters. The van der Waals surface area contributed by atoms with Crippen LogP contribution in [0.5, 0.6) is 0 Å². The molecule has 3 heteroatoms. The number of hydrogen-bond donors (Lipinski definition) is 2. The smallest absolute Gasteiger partial charge is 0.237 e. The summed E-state index contributed by atoms with van der Waals surface area (Å²) in [6.45, 7) is 8.27. The van der Waals surface area contributed by atoms with Crippen molar-refractivity contribution in [2.75, 3.05) is 0 Å². The van der Waals surface area contributed by atoms with E-state index in [0.717, 1.165) is 19.3 Å². The predicted molar refractivity (Wildman–Crippen MR) is 59.9 cm³/mol. The van der Waals surface area contributed by atoms with Gasteiger partial charge in [0.2, 0.25) is 5.91 Å². The summed E-state index contributed by atoms with van der Waals surface area (Å²) in [4.78, 5) is 11.5. The van der Waals surface area contributed by atoms with Gasteiger partial charge in [0.05, 0.1) is 6.04 Å². The molecule has 0 aliphatic carbocycles. The van der Waals surface area contributed by atoms with Crippen molar-refractivity contribution < 1.29 is 4.79 Å². The summed E-state index contributed by atoms with van der Waals surface area (Å²) in [7, 11) is 0. The standard InChI is InChI=1S/C11H24N2O/c1-5-6-9(4)13-11(14)10(12)7-8(2)3/h8-10H,5-7,12H2,1-4H3,(H,13,14)/t9?,10-/m0/s1. The summed E-state index contributed by atoms with van der Waals surface area (Å²) in [5.74, 6) is 0.455. The normalized spacial score (nSPS) is 15.3. The fraction of sp³-hybridized carbons (Fsp3) is 0.909. The van der Waals surface area contributed by atoms with Crippen molar-refractivity contribution in [2.45, 2.75) is 59.0 Å². The summed E-state index contributed by atoms with van der Waals surface area (Å²) < 4.78 is 0. The molecule has 0 aliphatic rings. The maximum absolute atomic E-state index is 11.5. The molecule has 14 heavy (non-hydrogen) atoms. The van der Waals surface area contributed by atoms with Gasteiger partial charge >= 0.3 is 0 Å². The highest BCUT2D eigenvalue weighted by molar-refractivity contribution is 5.81. The van der Waals surface area contributed by atoms with Crippen LogP contribution in [0.15, 0.2) is 0 Å². The van der Waals surface area contributed by atoms with Crippen molar-refractivity contribution in [3.05, 3.63) is 0 Å².